The summed E-state index contributed by atoms with van der Waals surface area (Å²) in [6.45, 7) is 6.20. The predicted octanol–water partition coefficient (Wildman–Crippen LogP) is 9.12. The van der Waals surface area contributed by atoms with Crippen LogP contribution in [0, 0.1) is 34.8 Å². The Morgan fingerprint density at radius 1 is 0.945 bits per heavy atom. The van der Waals surface area contributed by atoms with Crippen LogP contribution in [0.15, 0.2) is 30.3 Å². The first-order valence-electron chi connectivity index (χ1n) is 19.5. The third kappa shape index (κ3) is 9.58. The molecular formula is C40H51F3N6O6. The molecule has 3 fully saturated rings. The molecule has 2 aliphatic heterocycles. The molecule has 1 saturated carbocycles. The highest BCUT2D eigenvalue weighted by Crippen LogP contribution is 2.43. The molecule has 2 N–H and O–H groups in total. The van der Waals surface area contributed by atoms with Crippen LogP contribution < -0.4 is 10.1 Å². The number of anilines is 1. The van der Waals surface area contributed by atoms with Gasteiger partial charge in [0, 0.05) is 55.7 Å². The third-order valence-corrected chi connectivity index (χ3v) is 12.0. The van der Waals surface area contributed by atoms with Crippen LogP contribution in [-0.4, -0.2) is 75.1 Å². The molecule has 0 radical (unpaired) electrons. The Bertz CT molecular complexity index is 1870. The van der Waals surface area contributed by atoms with Gasteiger partial charge >= 0.3 is 12.3 Å². The van der Waals surface area contributed by atoms with E-state index in [2.05, 4.69) is 20.2 Å². The number of aryl methyl sites for hydroxylation is 1. The number of piperidine rings is 2. The Balaban J connectivity index is 1.06. The number of aromatic nitrogens is 2. The Morgan fingerprint density at radius 3 is 2.13 bits per heavy atom. The monoisotopic (exact) mass is 768 g/mol. The van der Waals surface area contributed by atoms with Gasteiger partial charge in [0.2, 0.25) is 5.91 Å². The summed E-state index contributed by atoms with van der Waals surface area (Å²) in [4.78, 5) is 48.2. The van der Waals surface area contributed by atoms with Crippen molar-refractivity contribution in [1.82, 2.24) is 19.8 Å². The lowest BCUT2D eigenvalue weighted by molar-refractivity contribution is -0.385. The van der Waals surface area contributed by atoms with E-state index in [0.29, 0.717) is 59.3 Å². The first-order valence-corrected chi connectivity index (χ1v) is 19.5. The number of carbonyl (C=O) groups excluding carboxylic acids is 1. The fourth-order valence-electron chi connectivity index (χ4n) is 8.80. The number of halogens is 3. The number of carbonyl (C=O) groups is 2. The van der Waals surface area contributed by atoms with Gasteiger partial charge in [-0.1, -0.05) is 19.3 Å². The molecule has 0 unspecified atom stereocenters. The number of benzene rings is 2. The molecule has 1 aromatic heterocycles. The topological polar surface area (TPSA) is 151 Å². The Hall–Kier alpha value is -4.69. The largest absolute Gasteiger partial charge is 0.496 e. The number of amides is 2. The molecule has 55 heavy (non-hydrogen) atoms. The zero-order chi connectivity index (χ0) is 39.4. The fraction of sp³-hybridized carbons (Fsp3) is 0.600. The number of hydrogen-bond donors (Lipinski definition) is 2. The molecule has 15 heteroatoms. The molecule has 1 aliphatic carbocycles. The fourth-order valence-corrected chi connectivity index (χ4v) is 8.80. The molecule has 298 valence electrons. The molecule has 2 aromatic carbocycles. The third-order valence-electron chi connectivity index (χ3n) is 12.0. The Labute approximate surface area is 319 Å². The minimum absolute atomic E-state index is 0.0310. The Morgan fingerprint density at radius 2 is 1.56 bits per heavy atom. The second-order valence-corrected chi connectivity index (χ2v) is 15.6. The van der Waals surface area contributed by atoms with Crippen molar-refractivity contribution in [2.45, 2.75) is 103 Å². The van der Waals surface area contributed by atoms with Gasteiger partial charge < -0.3 is 25.0 Å². The predicted molar refractivity (Wildman–Crippen MR) is 201 cm³/mol. The number of likely N-dealkylation sites (tertiary alicyclic amines) is 2. The van der Waals surface area contributed by atoms with Crippen LogP contribution >= 0.6 is 0 Å². The van der Waals surface area contributed by atoms with Gasteiger partial charge in [0.1, 0.15) is 17.4 Å². The minimum Gasteiger partial charge on any atom is -0.496 e. The van der Waals surface area contributed by atoms with Gasteiger partial charge in [-0.25, -0.2) is 14.8 Å². The lowest BCUT2D eigenvalue weighted by atomic mass is 9.77. The zero-order valence-electron chi connectivity index (χ0n) is 31.7. The van der Waals surface area contributed by atoms with Gasteiger partial charge in [0.25, 0.3) is 5.69 Å². The van der Waals surface area contributed by atoms with Crippen molar-refractivity contribution in [3.63, 3.8) is 0 Å². The van der Waals surface area contributed by atoms with Gasteiger partial charge in [0.05, 0.1) is 29.2 Å². The number of alkyl halides is 3. The van der Waals surface area contributed by atoms with E-state index in [-0.39, 0.29) is 23.3 Å². The zero-order valence-corrected chi connectivity index (χ0v) is 31.7. The highest BCUT2D eigenvalue weighted by atomic mass is 19.4. The van der Waals surface area contributed by atoms with Crippen molar-refractivity contribution in [3.8, 4) is 5.75 Å². The number of ether oxygens (including phenoxy) is 1. The summed E-state index contributed by atoms with van der Waals surface area (Å²) in [6, 6.07) is 5.63. The SMILES string of the molecule is COc1cc2nc(C)nc(N[C@H](C)c3cc([N+](=O)[O-])cc(C(F)(F)F)c3)c2cc1C1CCC(C(=O)N2CCC(CCCC3CCN(C(=O)O)CC3)CC2)CC1. The summed E-state index contributed by atoms with van der Waals surface area (Å²) >= 11 is 0. The van der Waals surface area contributed by atoms with Gasteiger partial charge in [-0.15, -0.1) is 0 Å². The van der Waals surface area contributed by atoms with Crippen LogP contribution in [0.2, 0.25) is 0 Å². The summed E-state index contributed by atoms with van der Waals surface area (Å²) in [5.41, 5.74) is -0.107. The molecule has 0 bridgehead atoms. The molecule has 2 amide bonds. The first-order chi connectivity index (χ1) is 26.2. The van der Waals surface area contributed by atoms with E-state index in [9.17, 15) is 38.0 Å². The van der Waals surface area contributed by atoms with Gasteiger partial charge in [-0.3, -0.25) is 14.9 Å². The number of rotatable bonds is 11. The standard InChI is InChI=1S/C40H51F3N6O6/c1-24(30-19-31(40(41,42)43)21-32(20-30)49(53)54)44-37-34-22-33(36(55-3)23-35(34)45-25(2)46-37)28-7-9-29(10-8-28)38(50)47-15-11-26(12-16-47)5-4-6-27-13-17-48(18-14-27)39(51)52/h19-24,26-29H,4-18H2,1-3H3,(H,51,52)(H,44,45,46)/t24-,28?,29?/m1/s1. The van der Waals surface area contributed by atoms with E-state index in [1.54, 1.807) is 21.0 Å². The molecule has 3 aliphatic rings. The second kappa shape index (κ2) is 17.0. The number of nitrogens with zero attached hydrogens (tertiary/aromatic N) is 5. The molecule has 1 atom stereocenters. The summed E-state index contributed by atoms with van der Waals surface area (Å²) in [5.74, 6) is 3.05. The van der Waals surface area contributed by atoms with Crippen molar-refractivity contribution >= 4 is 34.4 Å². The second-order valence-electron chi connectivity index (χ2n) is 15.6. The van der Waals surface area contributed by atoms with E-state index >= 15 is 0 Å². The maximum absolute atomic E-state index is 13.7. The minimum atomic E-state index is -4.75. The van der Waals surface area contributed by atoms with E-state index in [1.165, 1.54) is 4.90 Å². The van der Waals surface area contributed by atoms with Crippen molar-refractivity contribution in [3.05, 3.63) is 63.0 Å². The van der Waals surface area contributed by atoms with E-state index in [4.69, 9.17) is 4.74 Å². The molecule has 2 saturated heterocycles. The molecular weight excluding hydrogens is 717 g/mol. The van der Waals surface area contributed by atoms with Crippen molar-refractivity contribution in [1.29, 1.82) is 0 Å². The van der Waals surface area contributed by atoms with Crippen molar-refractivity contribution in [2.24, 2.45) is 17.8 Å². The smallest absolute Gasteiger partial charge is 0.416 e. The average Bonchev–Trinajstić information content (AvgIpc) is 3.17. The number of nitrogens with one attached hydrogen (secondary N) is 1. The van der Waals surface area contributed by atoms with Gasteiger partial charge in [-0.2, -0.15) is 13.2 Å². The normalized spacial score (nSPS) is 20.7. The first kappa shape index (κ1) is 40.0. The molecule has 3 heterocycles. The van der Waals surface area contributed by atoms with Crippen LogP contribution in [0.5, 0.6) is 5.75 Å². The number of fused-ring (bicyclic) bond motifs is 1. The summed E-state index contributed by atoms with van der Waals surface area (Å²) in [6.07, 6.45) is 4.92. The van der Waals surface area contributed by atoms with Crippen molar-refractivity contribution in [2.75, 3.05) is 38.6 Å². The number of carboxylic acid groups (broad SMARTS) is 1. The summed E-state index contributed by atoms with van der Waals surface area (Å²) in [7, 11) is 1.60. The van der Waals surface area contributed by atoms with E-state index in [1.807, 2.05) is 12.1 Å². The molecule has 6 rings (SSSR count). The Kier molecular flexibility index (Phi) is 12.3. The lowest BCUT2D eigenvalue weighted by Crippen LogP contribution is -2.42. The van der Waals surface area contributed by atoms with E-state index in [0.717, 1.165) is 101 Å². The quantitative estimate of drug-likeness (QED) is 0.144. The maximum atomic E-state index is 13.7. The van der Waals surface area contributed by atoms with Crippen LogP contribution in [0.25, 0.3) is 10.9 Å². The molecule has 3 aromatic rings. The molecule has 12 nitrogen and oxygen atoms in total. The van der Waals surface area contributed by atoms with Gasteiger partial charge in [-0.05, 0) is 106 Å². The number of methoxy groups -OCH3 is 1. The number of non-ortho nitro benzene ring substituents is 1. The number of hydrogen-bond acceptors (Lipinski definition) is 8. The summed E-state index contributed by atoms with van der Waals surface area (Å²) < 4.78 is 46.7. The van der Waals surface area contributed by atoms with Crippen molar-refractivity contribution < 1.29 is 37.5 Å². The highest BCUT2D eigenvalue weighted by molar-refractivity contribution is 5.91. The van der Waals surface area contributed by atoms with Gasteiger partial charge in [0.15, 0.2) is 0 Å². The van der Waals surface area contributed by atoms with Crippen LogP contribution in [0.1, 0.15) is 112 Å². The molecule has 0 spiro atoms. The highest BCUT2D eigenvalue weighted by Gasteiger charge is 2.35. The number of nitro benzene ring substituents is 1. The van der Waals surface area contributed by atoms with Crippen LogP contribution in [0.4, 0.5) is 29.5 Å². The van der Waals surface area contributed by atoms with Crippen LogP contribution in [-0.2, 0) is 11.0 Å². The maximum Gasteiger partial charge on any atom is 0.416 e. The summed E-state index contributed by atoms with van der Waals surface area (Å²) in [5, 5.41) is 24.5. The van der Waals surface area contributed by atoms with Crippen LogP contribution in [0.3, 0.4) is 0 Å². The average molecular weight is 769 g/mol. The lowest BCUT2D eigenvalue weighted by Gasteiger charge is -2.37. The number of nitro groups is 1. The van der Waals surface area contributed by atoms with E-state index < -0.39 is 34.5 Å².